The van der Waals surface area contributed by atoms with E-state index in [1.165, 1.54) is 23.1 Å². The van der Waals surface area contributed by atoms with Crippen LogP contribution in [0.4, 0.5) is 14.9 Å². The molecular formula is C25H28FN3O2S. The largest absolute Gasteiger partial charge is 0.332 e. The van der Waals surface area contributed by atoms with E-state index < -0.39 is 11.8 Å². The highest BCUT2D eigenvalue weighted by atomic mass is 32.1. The van der Waals surface area contributed by atoms with Crippen LogP contribution < -0.4 is 5.32 Å². The SMILES string of the molecule is CCC(C)N(CC(=O)N(Cc1ccccc1)Cc1cccs1)C(=O)Nc1cccc(F)c1. The summed E-state index contributed by atoms with van der Waals surface area (Å²) >= 11 is 1.60. The van der Waals surface area contributed by atoms with Gasteiger partial charge in [-0.3, -0.25) is 4.79 Å². The van der Waals surface area contributed by atoms with Crippen molar-refractivity contribution >= 4 is 29.0 Å². The molecule has 0 spiro atoms. The van der Waals surface area contributed by atoms with E-state index in [1.54, 1.807) is 22.3 Å². The van der Waals surface area contributed by atoms with E-state index in [9.17, 15) is 14.0 Å². The zero-order chi connectivity index (χ0) is 22.9. The van der Waals surface area contributed by atoms with Crippen LogP contribution >= 0.6 is 11.3 Å². The molecule has 0 aliphatic carbocycles. The number of hydrogen-bond donors (Lipinski definition) is 1. The Balaban J connectivity index is 1.76. The van der Waals surface area contributed by atoms with E-state index in [0.717, 1.165) is 10.4 Å². The zero-order valence-corrected chi connectivity index (χ0v) is 19.1. The van der Waals surface area contributed by atoms with E-state index >= 15 is 0 Å². The fourth-order valence-electron chi connectivity index (χ4n) is 3.28. The van der Waals surface area contributed by atoms with Crippen molar-refractivity contribution in [2.45, 2.75) is 39.4 Å². The van der Waals surface area contributed by atoms with Crippen LogP contribution in [0.15, 0.2) is 72.1 Å². The lowest BCUT2D eigenvalue weighted by Gasteiger charge is -2.31. The first-order valence-corrected chi connectivity index (χ1v) is 11.5. The number of halogens is 1. The van der Waals surface area contributed by atoms with Crippen LogP contribution in [0, 0.1) is 5.82 Å². The summed E-state index contributed by atoms with van der Waals surface area (Å²) in [5.41, 5.74) is 1.38. The van der Waals surface area contributed by atoms with Gasteiger partial charge >= 0.3 is 6.03 Å². The number of thiophene rings is 1. The Morgan fingerprint density at radius 1 is 1.03 bits per heavy atom. The number of nitrogens with one attached hydrogen (secondary N) is 1. The summed E-state index contributed by atoms with van der Waals surface area (Å²) in [4.78, 5) is 30.7. The Hall–Kier alpha value is -3.19. The van der Waals surface area contributed by atoms with Gasteiger partial charge in [0.1, 0.15) is 12.4 Å². The fourth-order valence-corrected chi connectivity index (χ4v) is 4.00. The molecule has 7 heteroatoms. The van der Waals surface area contributed by atoms with Crippen LogP contribution in [0.2, 0.25) is 0 Å². The minimum atomic E-state index is -0.432. The lowest BCUT2D eigenvalue weighted by molar-refractivity contribution is -0.133. The normalized spacial score (nSPS) is 11.6. The quantitative estimate of drug-likeness (QED) is 0.449. The van der Waals surface area contributed by atoms with Crippen LogP contribution in [0.1, 0.15) is 30.7 Å². The maximum Gasteiger partial charge on any atom is 0.322 e. The van der Waals surface area contributed by atoms with Gasteiger partial charge < -0.3 is 15.1 Å². The van der Waals surface area contributed by atoms with Crippen molar-refractivity contribution in [3.8, 4) is 0 Å². The summed E-state index contributed by atoms with van der Waals surface area (Å²) in [6.45, 7) is 4.74. The van der Waals surface area contributed by atoms with Gasteiger partial charge in [0, 0.05) is 23.2 Å². The summed E-state index contributed by atoms with van der Waals surface area (Å²) in [5.74, 6) is -0.573. The minimum Gasteiger partial charge on any atom is -0.332 e. The lowest BCUT2D eigenvalue weighted by atomic mass is 10.2. The van der Waals surface area contributed by atoms with Crippen molar-refractivity contribution in [1.29, 1.82) is 0 Å². The Morgan fingerprint density at radius 2 is 1.81 bits per heavy atom. The van der Waals surface area contributed by atoms with E-state index in [0.29, 0.717) is 25.2 Å². The van der Waals surface area contributed by atoms with Crippen molar-refractivity contribution in [3.05, 3.63) is 88.4 Å². The Labute approximate surface area is 192 Å². The zero-order valence-electron chi connectivity index (χ0n) is 18.3. The molecule has 0 fully saturated rings. The van der Waals surface area contributed by atoms with Crippen molar-refractivity contribution < 1.29 is 14.0 Å². The highest BCUT2D eigenvalue weighted by Gasteiger charge is 2.25. The van der Waals surface area contributed by atoms with Crippen molar-refractivity contribution in [3.63, 3.8) is 0 Å². The highest BCUT2D eigenvalue weighted by Crippen LogP contribution is 2.17. The molecule has 0 aliphatic heterocycles. The van der Waals surface area contributed by atoms with E-state index in [1.807, 2.05) is 61.7 Å². The molecule has 5 nitrogen and oxygen atoms in total. The smallest absolute Gasteiger partial charge is 0.322 e. The van der Waals surface area contributed by atoms with Crippen LogP contribution in [-0.2, 0) is 17.9 Å². The summed E-state index contributed by atoms with van der Waals surface area (Å²) in [7, 11) is 0. The molecule has 0 saturated carbocycles. The van der Waals surface area contributed by atoms with Gasteiger partial charge in [-0.15, -0.1) is 11.3 Å². The topological polar surface area (TPSA) is 52.7 Å². The van der Waals surface area contributed by atoms with Gasteiger partial charge in [0.15, 0.2) is 0 Å². The Kier molecular flexibility index (Phi) is 8.39. The Morgan fingerprint density at radius 3 is 2.47 bits per heavy atom. The first kappa shape index (κ1) is 23.5. The van der Waals surface area contributed by atoms with Crippen molar-refractivity contribution in [1.82, 2.24) is 9.80 Å². The van der Waals surface area contributed by atoms with Gasteiger partial charge in [0.05, 0.1) is 6.54 Å². The molecular weight excluding hydrogens is 425 g/mol. The van der Waals surface area contributed by atoms with E-state index in [4.69, 9.17) is 0 Å². The molecule has 3 rings (SSSR count). The molecule has 32 heavy (non-hydrogen) atoms. The molecule has 1 N–H and O–H groups in total. The standard InChI is InChI=1S/C25H28FN3O2S/c1-3-19(2)29(25(31)27-22-12-7-11-21(26)15-22)18-24(30)28(17-23-13-8-14-32-23)16-20-9-5-4-6-10-20/h4-15,19H,3,16-18H2,1-2H3,(H,27,31). The van der Waals surface area contributed by atoms with Gasteiger partial charge in [-0.05, 0) is 48.6 Å². The molecule has 0 saturated heterocycles. The summed E-state index contributed by atoms with van der Waals surface area (Å²) in [5, 5.41) is 4.70. The number of carbonyl (C=O) groups excluding carboxylic acids is 2. The second-order valence-electron chi connectivity index (χ2n) is 7.64. The van der Waals surface area contributed by atoms with Gasteiger partial charge in [-0.1, -0.05) is 49.4 Å². The molecule has 1 aromatic heterocycles. The van der Waals surface area contributed by atoms with E-state index in [2.05, 4.69) is 5.32 Å². The summed E-state index contributed by atoms with van der Waals surface area (Å²) in [6, 6.07) is 18.9. The van der Waals surface area contributed by atoms with Crippen molar-refractivity contribution in [2.24, 2.45) is 0 Å². The number of amides is 3. The van der Waals surface area contributed by atoms with Crippen LogP contribution in [0.25, 0.3) is 0 Å². The number of carbonyl (C=O) groups is 2. The molecule has 1 unspecified atom stereocenters. The molecule has 0 aliphatic rings. The number of benzene rings is 2. The first-order valence-electron chi connectivity index (χ1n) is 10.6. The monoisotopic (exact) mass is 453 g/mol. The number of rotatable bonds is 9. The third kappa shape index (κ3) is 6.65. The minimum absolute atomic E-state index is 0.0611. The molecule has 0 radical (unpaired) electrons. The van der Waals surface area contributed by atoms with Gasteiger partial charge in [0.25, 0.3) is 0 Å². The first-order chi connectivity index (χ1) is 15.5. The van der Waals surface area contributed by atoms with Crippen LogP contribution in [0.5, 0.6) is 0 Å². The van der Waals surface area contributed by atoms with Crippen LogP contribution in [0.3, 0.4) is 0 Å². The third-order valence-corrected chi connectivity index (χ3v) is 6.12. The number of urea groups is 1. The molecule has 3 amide bonds. The van der Waals surface area contributed by atoms with E-state index in [-0.39, 0.29) is 18.5 Å². The predicted octanol–water partition coefficient (Wildman–Crippen LogP) is 5.75. The maximum absolute atomic E-state index is 13.5. The lowest BCUT2D eigenvalue weighted by Crippen LogP contribution is -2.47. The molecule has 1 atom stereocenters. The maximum atomic E-state index is 13.5. The molecule has 168 valence electrons. The van der Waals surface area contributed by atoms with Crippen molar-refractivity contribution in [2.75, 3.05) is 11.9 Å². The average Bonchev–Trinajstić information content (AvgIpc) is 3.30. The average molecular weight is 454 g/mol. The summed E-state index contributed by atoms with van der Waals surface area (Å²) < 4.78 is 13.5. The second-order valence-corrected chi connectivity index (χ2v) is 8.67. The highest BCUT2D eigenvalue weighted by molar-refractivity contribution is 7.09. The van der Waals surface area contributed by atoms with Gasteiger partial charge in [-0.2, -0.15) is 0 Å². The molecule has 1 heterocycles. The second kappa shape index (κ2) is 11.4. The van der Waals surface area contributed by atoms with Gasteiger partial charge in [-0.25, -0.2) is 9.18 Å². The third-order valence-electron chi connectivity index (χ3n) is 5.26. The van der Waals surface area contributed by atoms with Gasteiger partial charge in [0.2, 0.25) is 5.91 Å². The summed E-state index contributed by atoms with van der Waals surface area (Å²) in [6.07, 6.45) is 0.688. The number of nitrogens with zero attached hydrogens (tertiary/aromatic N) is 2. The predicted molar refractivity (Wildman–Crippen MR) is 127 cm³/mol. The fraction of sp³-hybridized carbons (Fsp3) is 0.280. The molecule has 2 aromatic carbocycles. The van der Waals surface area contributed by atoms with Crippen LogP contribution in [-0.4, -0.2) is 34.3 Å². The molecule has 0 bridgehead atoms. The number of anilines is 1. The number of hydrogen-bond acceptors (Lipinski definition) is 3. The Bertz CT molecular complexity index is 1010. The molecule has 3 aromatic rings.